The highest BCUT2D eigenvalue weighted by molar-refractivity contribution is 6.39. The van der Waals surface area contributed by atoms with Gasteiger partial charge in [0.25, 0.3) is 0 Å². The first-order chi connectivity index (χ1) is 12.5. The molecular formula is C19H30N4O3. The second-order valence-electron chi connectivity index (χ2n) is 6.38. The van der Waals surface area contributed by atoms with Gasteiger partial charge in [0.15, 0.2) is 0 Å². The highest BCUT2D eigenvalue weighted by Crippen LogP contribution is 2.20. The summed E-state index contributed by atoms with van der Waals surface area (Å²) < 4.78 is 5.36. The van der Waals surface area contributed by atoms with Crippen molar-refractivity contribution in [1.29, 1.82) is 0 Å². The molecule has 1 aliphatic rings. The van der Waals surface area contributed by atoms with Crippen molar-refractivity contribution in [3.8, 4) is 0 Å². The second-order valence-corrected chi connectivity index (χ2v) is 6.38. The number of morpholine rings is 1. The van der Waals surface area contributed by atoms with Crippen LogP contribution in [-0.4, -0.2) is 68.7 Å². The first kappa shape index (κ1) is 20.2. The molecule has 2 rings (SSSR count). The Morgan fingerprint density at radius 1 is 1.19 bits per heavy atom. The smallest absolute Gasteiger partial charge is 0.313 e. The third kappa shape index (κ3) is 5.71. The van der Waals surface area contributed by atoms with E-state index in [-0.39, 0.29) is 6.04 Å². The summed E-state index contributed by atoms with van der Waals surface area (Å²) in [5.74, 6) is -1.25. The van der Waals surface area contributed by atoms with Gasteiger partial charge < -0.3 is 20.3 Å². The Labute approximate surface area is 155 Å². The van der Waals surface area contributed by atoms with Crippen LogP contribution in [0.3, 0.4) is 0 Å². The molecule has 1 aliphatic heterocycles. The summed E-state index contributed by atoms with van der Waals surface area (Å²) in [6.45, 7) is 11.5. The largest absolute Gasteiger partial charge is 0.378 e. The van der Waals surface area contributed by atoms with Crippen LogP contribution in [0.2, 0.25) is 0 Å². The molecule has 1 saturated heterocycles. The van der Waals surface area contributed by atoms with Gasteiger partial charge in [0.05, 0.1) is 13.2 Å². The van der Waals surface area contributed by atoms with Gasteiger partial charge in [0.2, 0.25) is 0 Å². The fourth-order valence-corrected chi connectivity index (χ4v) is 3.09. The van der Waals surface area contributed by atoms with Gasteiger partial charge in [0.1, 0.15) is 0 Å². The standard InChI is InChI=1S/C19H30N4O3/c1-4-22(5-2)15(3)14-20-18(24)19(25)21-16-7-6-8-17(13-16)23-9-11-26-12-10-23/h6-8,13,15H,4-5,9-12,14H2,1-3H3,(H,20,24)(H,21,25). The van der Waals surface area contributed by atoms with Gasteiger partial charge in [-0.25, -0.2) is 0 Å². The van der Waals surface area contributed by atoms with E-state index in [1.54, 1.807) is 6.07 Å². The molecule has 7 nitrogen and oxygen atoms in total. The highest BCUT2D eigenvalue weighted by atomic mass is 16.5. The minimum Gasteiger partial charge on any atom is -0.378 e. The number of rotatable bonds is 7. The number of carbonyl (C=O) groups excluding carboxylic acids is 2. The first-order valence-electron chi connectivity index (χ1n) is 9.31. The Morgan fingerprint density at radius 3 is 2.54 bits per heavy atom. The number of benzene rings is 1. The van der Waals surface area contributed by atoms with Crippen molar-refractivity contribution >= 4 is 23.2 Å². The zero-order chi connectivity index (χ0) is 18.9. The maximum atomic E-state index is 12.2. The minimum absolute atomic E-state index is 0.186. The molecule has 0 radical (unpaired) electrons. The average molecular weight is 362 g/mol. The molecule has 2 amide bonds. The fourth-order valence-electron chi connectivity index (χ4n) is 3.09. The van der Waals surface area contributed by atoms with Gasteiger partial charge in [-0.1, -0.05) is 19.9 Å². The molecule has 0 aliphatic carbocycles. The molecule has 2 N–H and O–H groups in total. The number of hydrogen-bond donors (Lipinski definition) is 2. The van der Waals surface area contributed by atoms with Gasteiger partial charge in [0, 0.05) is 37.1 Å². The van der Waals surface area contributed by atoms with E-state index in [1.165, 1.54) is 0 Å². The van der Waals surface area contributed by atoms with Gasteiger partial charge in [-0.3, -0.25) is 14.5 Å². The lowest BCUT2D eigenvalue weighted by Crippen LogP contribution is -2.45. The van der Waals surface area contributed by atoms with Crippen LogP contribution in [0.15, 0.2) is 24.3 Å². The summed E-state index contributed by atoms with van der Waals surface area (Å²) in [4.78, 5) is 28.6. The van der Waals surface area contributed by atoms with E-state index >= 15 is 0 Å². The minimum atomic E-state index is -0.643. The zero-order valence-electron chi connectivity index (χ0n) is 16.0. The quantitative estimate of drug-likeness (QED) is 0.716. The topological polar surface area (TPSA) is 73.9 Å². The molecule has 0 saturated carbocycles. The summed E-state index contributed by atoms with van der Waals surface area (Å²) >= 11 is 0. The van der Waals surface area contributed by atoms with Gasteiger partial charge in [-0.15, -0.1) is 0 Å². The van der Waals surface area contributed by atoms with Crippen LogP contribution < -0.4 is 15.5 Å². The predicted molar refractivity (Wildman–Crippen MR) is 103 cm³/mol. The third-order valence-electron chi connectivity index (χ3n) is 4.68. The van der Waals surface area contributed by atoms with Crippen molar-refractivity contribution in [2.24, 2.45) is 0 Å². The van der Waals surface area contributed by atoms with E-state index in [0.717, 1.165) is 31.9 Å². The number of ether oxygens (including phenoxy) is 1. The molecule has 1 aromatic carbocycles. The van der Waals surface area contributed by atoms with Gasteiger partial charge >= 0.3 is 11.8 Å². The Hall–Kier alpha value is -2.12. The maximum absolute atomic E-state index is 12.2. The Kier molecular flexibility index (Phi) is 7.87. The number of hydrogen-bond acceptors (Lipinski definition) is 5. The van der Waals surface area contributed by atoms with Crippen molar-refractivity contribution in [3.05, 3.63) is 24.3 Å². The number of amides is 2. The number of carbonyl (C=O) groups is 2. The van der Waals surface area contributed by atoms with Gasteiger partial charge in [-0.2, -0.15) is 0 Å². The predicted octanol–water partition coefficient (Wildman–Crippen LogP) is 1.31. The molecule has 1 atom stereocenters. The normalized spacial score (nSPS) is 15.6. The molecule has 1 aromatic rings. The van der Waals surface area contributed by atoms with Crippen LogP contribution in [0.1, 0.15) is 20.8 Å². The van der Waals surface area contributed by atoms with Crippen LogP contribution in [-0.2, 0) is 14.3 Å². The molecule has 0 bridgehead atoms. The number of nitrogens with zero attached hydrogens (tertiary/aromatic N) is 2. The molecule has 0 aromatic heterocycles. The van der Waals surface area contributed by atoms with Crippen molar-refractivity contribution < 1.29 is 14.3 Å². The van der Waals surface area contributed by atoms with Crippen molar-refractivity contribution in [2.45, 2.75) is 26.8 Å². The Balaban J connectivity index is 1.87. The molecule has 1 heterocycles. The first-order valence-corrected chi connectivity index (χ1v) is 9.31. The van der Waals surface area contributed by atoms with E-state index in [4.69, 9.17) is 4.74 Å². The molecule has 0 spiro atoms. The van der Waals surface area contributed by atoms with Crippen LogP contribution in [0.25, 0.3) is 0 Å². The van der Waals surface area contributed by atoms with Crippen molar-refractivity contribution in [2.75, 3.05) is 56.2 Å². The average Bonchev–Trinajstić information content (AvgIpc) is 2.68. The molecule has 7 heteroatoms. The Bertz CT molecular complexity index is 598. The fraction of sp³-hybridized carbons (Fsp3) is 0.579. The summed E-state index contributed by atoms with van der Waals surface area (Å²) in [5, 5.41) is 5.39. The second kappa shape index (κ2) is 10.1. The summed E-state index contributed by atoms with van der Waals surface area (Å²) in [6, 6.07) is 7.72. The maximum Gasteiger partial charge on any atom is 0.313 e. The van der Waals surface area contributed by atoms with Crippen molar-refractivity contribution in [1.82, 2.24) is 10.2 Å². The number of likely N-dealkylation sites (N-methyl/N-ethyl adjacent to an activating group) is 1. The molecular weight excluding hydrogens is 332 g/mol. The molecule has 1 fully saturated rings. The van der Waals surface area contributed by atoms with E-state index in [1.807, 2.05) is 25.1 Å². The van der Waals surface area contributed by atoms with E-state index in [0.29, 0.717) is 25.4 Å². The van der Waals surface area contributed by atoms with E-state index in [9.17, 15) is 9.59 Å². The number of nitrogens with one attached hydrogen (secondary N) is 2. The third-order valence-corrected chi connectivity index (χ3v) is 4.68. The molecule has 26 heavy (non-hydrogen) atoms. The van der Waals surface area contributed by atoms with E-state index in [2.05, 4.69) is 34.3 Å². The van der Waals surface area contributed by atoms with E-state index < -0.39 is 11.8 Å². The lowest BCUT2D eigenvalue weighted by Gasteiger charge is -2.29. The van der Waals surface area contributed by atoms with Crippen molar-refractivity contribution in [3.63, 3.8) is 0 Å². The van der Waals surface area contributed by atoms with Gasteiger partial charge in [-0.05, 0) is 38.2 Å². The lowest BCUT2D eigenvalue weighted by atomic mass is 10.2. The zero-order valence-corrected chi connectivity index (χ0v) is 16.0. The van der Waals surface area contributed by atoms with Crippen LogP contribution >= 0.6 is 0 Å². The summed E-state index contributed by atoms with van der Waals surface area (Å²) in [7, 11) is 0. The molecule has 1 unspecified atom stereocenters. The highest BCUT2D eigenvalue weighted by Gasteiger charge is 2.17. The lowest BCUT2D eigenvalue weighted by molar-refractivity contribution is -0.136. The van der Waals surface area contributed by atoms with Crippen LogP contribution in [0.5, 0.6) is 0 Å². The molecule has 144 valence electrons. The van der Waals surface area contributed by atoms with Crippen LogP contribution in [0, 0.1) is 0 Å². The summed E-state index contributed by atoms with van der Waals surface area (Å²) in [5.41, 5.74) is 1.63. The SMILES string of the molecule is CCN(CC)C(C)CNC(=O)C(=O)Nc1cccc(N2CCOCC2)c1. The number of anilines is 2. The monoisotopic (exact) mass is 362 g/mol. The van der Waals surface area contributed by atoms with Crippen LogP contribution in [0.4, 0.5) is 11.4 Å². The Morgan fingerprint density at radius 2 is 1.88 bits per heavy atom. The summed E-state index contributed by atoms with van der Waals surface area (Å²) in [6.07, 6.45) is 0.